The number of benzene rings is 1. The van der Waals surface area contributed by atoms with E-state index in [1.807, 2.05) is 24.3 Å². The topological polar surface area (TPSA) is 46.0 Å². The minimum atomic E-state index is -0.472. The number of hydrogen-bond acceptors (Lipinski definition) is 4. The van der Waals surface area contributed by atoms with Gasteiger partial charge in [-0.2, -0.15) is 0 Å². The summed E-state index contributed by atoms with van der Waals surface area (Å²) in [6, 6.07) is 7.76. The lowest BCUT2D eigenvalue weighted by Crippen LogP contribution is -1.93. The van der Waals surface area contributed by atoms with E-state index in [-0.39, 0.29) is 0 Å². The molecule has 0 spiro atoms. The summed E-state index contributed by atoms with van der Waals surface area (Å²) in [4.78, 5) is 9.21. The van der Waals surface area contributed by atoms with Gasteiger partial charge in [0.1, 0.15) is 5.03 Å². The first-order chi connectivity index (χ1) is 7.77. The molecular formula is C12H12N2OS. The van der Waals surface area contributed by atoms with Gasteiger partial charge in [-0.15, -0.1) is 0 Å². The summed E-state index contributed by atoms with van der Waals surface area (Å²) in [5.74, 6) is 0. The largest absolute Gasteiger partial charge is 0.389 e. The van der Waals surface area contributed by atoms with E-state index in [9.17, 15) is 5.11 Å². The molecule has 1 aromatic heterocycles. The van der Waals surface area contributed by atoms with Gasteiger partial charge in [-0.1, -0.05) is 30.0 Å². The fraction of sp³-hybridized carbons (Fsp3) is 0.167. The van der Waals surface area contributed by atoms with E-state index in [0.717, 1.165) is 15.5 Å². The minimum Gasteiger partial charge on any atom is -0.389 e. The van der Waals surface area contributed by atoms with Crippen molar-refractivity contribution in [2.45, 2.75) is 22.9 Å². The monoisotopic (exact) mass is 232 g/mol. The second-order valence-corrected chi connectivity index (χ2v) is 4.42. The van der Waals surface area contributed by atoms with E-state index in [4.69, 9.17) is 0 Å². The standard InChI is InChI=1S/C12H12N2OS/c1-9(15)10-4-2-3-5-11(10)16-12-8-13-6-7-14-12/h2-9,15H,1H3. The zero-order valence-corrected chi connectivity index (χ0v) is 9.69. The normalized spacial score (nSPS) is 12.4. The van der Waals surface area contributed by atoms with Gasteiger partial charge in [0.25, 0.3) is 0 Å². The minimum absolute atomic E-state index is 0.472. The molecule has 3 nitrogen and oxygen atoms in total. The quantitative estimate of drug-likeness (QED) is 0.883. The van der Waals surface area contributed by atoms with Crippen LogP contribution in [0.3, 0.4) is 0 Å². The summed E-state index contributed by atoms with van der Waals surface area (Å²) < 4.78 is 0. The number of nitrogens with zero attached hydrogens (tertiary/aromatic N) is 2. The first-order valence-electron chi connectivity index (χ1n) is 4.98. The number of hydrogen-bond donors (Lipinski definition) is 1. The summed E-state index contributed by atoms with van der Waals surface area (Å²) in [6.07, 6.45) is 4.54. The zero-order chi connectivity index (χ0) is 11.4. The highest BCUT2D eigenvalue weighted by molar-refractivity contribution is 7.99. The SMILES string of the molecule is CC(O)c1ccccc1Sc1cnccn1. The molecular weight excluding hydrogens is 220 g/mol. The molecule has 0 saturated heterocycles. The van der Waals surface area contributed by atoms with E-state index in [1.54, 1.807) is 25.5 Å². The number of aromatic nitrogens is 2. The average molecular weight is 232 g/mol. The Hall–Kier alpha value is -1.39. The molecule has 1 heterocycles. The fourth-order valence-electron chi connectivity index (χ4n) is 1.37. The summed E-state index contributed by atoms with van der Waals surface area (Å²) in [7, 11) is 0. The smallest absolute Gasteiger partial charge is 0.119 e. The lowest BCUT2D eigenvalue weighted by molar-refractivity contribution is 0.196. The Kier molecular flexibility index (Phi) is 3.54. The van der Waals surface area contributed by atoms with Crippen LogP contribution in [0.4, 0.5) is 0 Å². The third-order valence-electron chi connectivity index (χ3n) is 2.12. The molecule has 16 heavy (non-hydrogen) atoms. The van der Waals surface area contributed by atoms with Gasteiger partial charge in [0, 0.05) is 17.3 Å². The zero-order valence-electron chi connectivity index (χ0n) is 8.87. The van der Waals surface area contributed by atoms with Gasteiger partial charge < -0.3 is 5.11 Å². The maximum absolute atomic E-state index is 9.63. The molecule has 1 N–H and O–H groups in total. The highest BCUT2D eigenvalue weighted by atomic mass is 32.2. The Morgan fingerprint density at radius 1 is 1.25 bits per heavy atom. The lowest BCUT2D eigenvalue weighted by atomic mass is 10.1. The number of aliphatic hydroxyl groups is 1. The molecule has 2 rings (SSSR count). The van der Waals surface area contributed by atoms with Gasteiger partial charge >= 0.3 is 0 Å². The van der Waals surface area contributed by atoms with Crippen LogP contribution in [0.5, 0.6) is 0 Å². The van der Waals surface area contributed by atoms with Gasteiger partial charge in [-0.05, 0) is 18.6 Å². The van der Waals surface area contributed by atoms with Gasteiger partial charge in [0.15, 0.2) is 0 Å². The number of aliphatic hydroxyl groups excluding tert-OH is 1. The van der Waals surface area contributed by atoms with Crippen LogP contribution >= 0.6 is 11.8 Å². The van der Waals surface area contributed by atoms with E-state index >= 15 is 0 Å². The van der Waals surface area contributed by atoms with Crippen molar-refractivity contribution in [3.63, 3.8) is 0 Å². The van der Waals surface area contributed by atoms with Crippen molar-refractivity contribution < 1.29 is 5.11 Å². The van der Waals surface area contributed by atoms with Crippen molar-refractivity contribution in [2.75, 3.05) is 0 Å². The average Bonchev–Trinajstić information content (AvgIpc) is 2.31. The Labute approximate surface area is 98.6 Å². The van der Waals surface area contributed by atoms with Crippen LogP contribution in [0, 0.1) is 0 Å². The van der Waals surface area contributed by atoms with Crippen LogP contribution in [0.2, 0.25) is 0 Å². The molecule has 1 unspecified atom stereocenters. The molecule has 0 saturated carbocycles. The van der Waals surface area contributed by atoms with Crippen LogP contribution in [-0.2, 0) is 0 Å². The van der Waals surface area contributed by atoms with Crippen molar-refractivity contribution >= 4 is 11.8 Å². The van der Waals surface area contributed by atoms with Crippen LogP contribution in [-0.4, -0.2) is 15.1 Å². The lowest BCUT2D eigenvalue weighted by Gasteiger charge is -2.10. The molecule has 0 fully saturated rings. The molecule has 4 heteroatoms. The summed E-state index contributed by atoms with van der Waals surface area (Å²) in [5.41, 5.74) is 0.915. The second kappa shape index (κ2) is 5.09. The van der Waals surface area contributed by atoms with E-state index in [0.29, 0.717) is 0 Å². The summed E-state index contributed by atoms with van der Waals surface area (Å²) in [6.45, 7) is 1.76. The van der Waals surface area contributed by atoms with Gasteiger partial charge in [-0.3, -0.25) is 4.98 Å². The third-order valence-corrected chi connectivity index (χ3v) is 3.13. The maximum Gasteiger partial charge on any atom is 0.119 e. The molecule has 0 aliphatic heterocycles. The highest BCUT2D eigenvalue weighted by Crippen LogP contribution is 2.31. The van der Waals surface area contributed by atoms with E-state index in [1.165, 1.54) is 11.8 Å². The molecule has 0 aliphatic carbocycles. The van der Waals surface area contributed by atoms with Crippen LogP contribution in [0.15, 0.2) is 52.8 Å². The molecule has 0 bridgehead atoms. The van der Waals surface area contributed by atoms with E-state index in [2.05, 4.69) is 9.97 Å². The Morgan fingerprint density at radius 3 is 2.75 bits per heavy atom. The van der Waals surface area contributed by atoms with Gasteiger partial charge in [0.2, 0.25) is 0 Å². The van der Waals surface area contributed by atoms with Crippen molar-refractivity contribution in [1.82, 2.24) is 9.97 Å². The molecule has 0 radical (unpaired) electrons. The number of rotatable bonds is 3. The van der Waals surface area contributed by atoms with Crippen molar-refractivity contribution in [1.29, 1.82) is 0 Å². The fourth-order valence-corrected chi connectivity index (χ4v) is 2.32. The molecule has 82 valence electrons. The van der Waals surface area contributed by atoms with Crippen molar-refractivity contribution in [3.8, 4) is 0 Å². The Balaban J connectivity index is 2.28. The van der Waals surface area contributed by atoms with Crippen LogP contribution in [0.25, 0.3) is 0 Å². The Morgan fingerprint density at radius 2 is 2.06 bits per heavy atom. The summed E-state index contributed by atoms with van der Waals surface area (Å²) >= 11 is 1.51. The van der Waals surface area contributed by atoms with Crippen molar-refractivity contribution in [3.05, 3.63) is 48.4 Å². The molecule has 2 aromatic rings. The second-order valence-electron chi connectivity index (χ2n) is 3.36. The van der Waals surface area contributed by atoms with Gasteiger partial charge in [0.05, 0.1) is 12.3 Å². The molecule has 0 aliphatic rings. The highest BCUT2D eigenvalue weighted by Gasteiger charge is 2.08. The third kappa shape index (κ3) is 2.59. The maximum atomic E-state index is 9.63. The summed E-state index contributed by atoms with van der Waals surface area (Å²) in [5, 5.41) is 10.5. The van der Waals surface area contributed by atoms with Crippen molar-refractivity contribution in [2.24, 2.45) is 0 Å². The van der Waals surface area contributed by atoms with Gasteiger partial charge in [-0.25, -0.2) is 4.98 Å². The predicted molar refractivity (Wildman–Crippen MR) is 63.2 cm³/mol. The molecule has 1 aromatic carbocycles. The predicted octanol–water partition coefficient (Wildman–Crippen LogP) is 2.68. The first-order valence-corrected chi connectivity index (χ1v) is 5.80. The molecule has 0 amide bonds. The first kappa shape index (κ1) is 11.1. The Bertz CT molecular complexity index is 460. The van der Waals surface area contributed by atoms with E-state index < -0.39 is 6.10 Å². The van der Waals surface area contributed by atoms with Crippen LogP contribution in [0.1, 0.15) is 18.6 Å². The van der Waals surface area contributed by atoms with Crippen LogP contribution < -0.4 is 0 Å². The molecule has 1 atom stereocenters.